The summed E-state index contributed by atoms with van der Waals surface area (Å²) in [5, 5.41) is 0. The van der Waals surface area contributed by atoms with E-state index in [-0.39, 0.29) is 44.7 Å². The molecular weight excluding hydrogens is 882 g/mol. The van der Waals surface area contributed by atoms with E-state index in [4.69, 9.17) is 0 Å². The molecule has 0 spiro atoms. The summed E-state index contributed by atoms with van der Waals surface area (Å²) in [5.41, 5.74) is 24.5. The fourth-order valence-electron chi connectivity index (χ4n) is 13.2. The number of rotatable bonds is 4. The molecule has 0 saturated heterocycles. The van der Waals surface area contributed by atoms with Gasteiger partial charge in [0, 0.05) is 50.8 Å². The van der Waals surface area contributed by atoms with E-state index in [9.17, 15) is 0 Å². The third kappa shape index (κ3) is 7.73. The van der Waals surface area contributed by atoms with Crippen molar-refractivity contribution in [1.82, 2.24) is 0 Å². The van der Waals surface area contributed by atoms with Gasteiger partial charge in [-0.1, -0.05) is 202 Å². The molecule has 11 rings (SSSR count). The van der Waals surface area contributed by atoms with E-state index < -0.39 is 0 Å². The second-order valence-electron chi connectivity index (χ2n) is 28.0. The predicted molar refractivity (Wildman–Crippen MR) is 318 cm³/mol. The molecule has 3 aliphatic heterocycles. The zero-order valence-corrected chi connectivity index (χ0v) is 47.3. The summed E-state index contributed by atoms with van der Waals surface area (Å²) in [7, 11) is 0. The fraction of sp³-hybridized carbons (Fsp3) is 0.391. The van der Waals surface area contributed by atoms with Gasteiger partial charge < -0.3 is 14.7 Å². The standard InChI is InChI=1S/C69H80BN3/c1-63(2,3)45-25-21-26-50(37-45)71-59-41-49(67(13,14)15)27-31-54(59)70-55-40-48(66(10,11)12)30-34-58(55)72(56-32-28-46(64(4,5)6)38-52(56)44-23-19-18-20-24-44)61-43-51(42-60(71)62(61)70)73-57-33-29-47(65(7,8)9)39-53(57)68(16)35-22-36-69(68,73)17/h18-21,23-34,37-43H,22,35-36H2,1-17H3. The van der Waals surface area contributed by atoms with Gasteiger partial charge in [-0.2, -0.15) is 0 Å². The first-order valence-corrected chi connectivity index (χ1v) is 27.4. The average molecular weight is 962 g/mol. The summed E-state index contributed by atoms with van der Waals surface area (Å²) in [4.78, 5) is 8.17. The Morgan fingerprint density at radius 3 is 1.56 bits per heavy atom. The van der Waals surface area contributed by atoms with Crippen LogP contribution < -0.4 is 31.1 Å². The molecule has 4 aliphatic rings. The summed E-state index contributed by atoms with van der Waals surface area (Å²) in [5.74, 6) is 0. The van der Waals surface area contributed by atoms with Gasteiger partial charge in [-0.25, -0.2) is 0 Å². The Balaban J connectivity index is 1.31. The van der Waals surface area contributed by atoms with Crippen molar-refractivity contribution in [1.29, 1.82) is 0 Å². The molecule has 2 atom stereocenters. The summed E-state index contributed by atoms with van der Waals surface area (Å²) >= 11 is 0. The lowest BCUT2D eigenvalue weighted by Gasteiger charge is -2.47. The highest BCUT2D eigenvalue weighted by Gasteiger charge is 2.60. The maximum Gasteiger partial charge on any atom is 0.252 e. The van der Waals surface area contributed by atoms with Crippen molar-refractivity contribution in [3.8, 4) is 11.1 Å². The van der Waals surface area contributed by atoms with E-state index in [1.807, 2.05) is 0 Å². The van der Waals surface area contributed by atoms with Crippen LogP contribution in [0.25, 0.3) is 11.1 Å². The topological polar surface area (TPSA) is 9.72 Å². The Bertz CT molecular complexity index is 3340. The Kier molecular flexibility index (Phi) is 11.0. The molecular formula is C69H80BN3. The van der Waals surface area contributed by atoms with E-state index in [0.29, 0.717) is 0 Å². The quantitative estimate of drug-likeness (QED) is 0.163. The minimum atomic E-state index is -0.141. The largest absolute Gasteiger partial charge is 0.334 e. The van der Waals surface area contributed by atoms with Crippen molar-refractivity contribution < 1.29 is 0 Å². The maximum absolute atomic E-state index is 2.82. The molecule has 1 saturated carbocycles. The molecule has 3 heterocycles. The molecule has 0 aromatic heterocycles. The monoisotopic (exact) mass is 962 g/mol. The summed E-state index contributed by atoms with van der Waals surface area (Å²) in [6, 6.07) is 55.6. The lowest BCUT2D eigenvalue weighted by Crippen LogP contribution is -2.61. The van der Waals surface area contributed by atoms with Gasteiger partial charge in [0.15, 0.2) is 0 Å². The molecule has 7 aromatic rings. The van der Waals surface area contributed by atoms with Crippen LogP contribution in [0.15, 0.2) is 140 Å². The van der Waals surface area contributed by atoms with Crippen molar-refractivity contribution in [3.05, 3.63) is 173 Å². The van der Waals surface area contributed by atoms with Gasteiger partial charge in [0.05, 0.1) is 11.2 Å². The van der Waals surface area contributed by atoms with Crippen LogP contribution in [0.4, 0.5) is 45.5 Å². The highest BCUT2D eigenvalue weighted by Crippen LogP contribution is 2.63. The van der Waals surface area contributed by atoms with Gasteiger partial charge >= 0.3 is 0 Å². The molecule has 4 heteroatoms. The first kappa shape index (κ1) is 49.2. The number of fused-ring (bicyclic) bond motifs is 7. The van der Waals surface area contributed by atoms with Crippen molar-refractivity contribution in [2.45, 2.75) is 175 Å². The smallest absolute Gasteiger partial charge is 0.252 e. The van der Waals surface area contributed by atoms with E-state index >= 15 is 0 Å². The Morgan fingerprint density at radius 1 is 0.397 bits per heavy atom. The van der Waals surface area contributed by atoms with E-state index in [1.165, 1.54) is 119 Å². The molecule has 374 valence electrons. The van der Waals surface area contributed by atoms with E-state index in [2.05, 4.69) is 272 Å². The number of benzene rings is 7. The van der Waals surface area contributed by atoms with Gasteiger partial charge in [-0.05, 0) is 157 Å². The fourth-order valence-corrected chi connectivity index (χ4v) is 13.2. The number of hydrogen-bond donors (Lipinski definition) is 0. The molecule has 0 bridgehead atoms. The zero-order chi connectivity index (χ0) is 52.2. The van der Waals surface area contributed by atoms with Crippen LogP contribution in [0.5, 0.6) is 0 Å². The summed E-state index contributed by atoms with van der Waals surface area (Å²) in [6.45, 7) is 40.5. The number of hydrogen-bond acceptors (Lipinski definition) is 3. The zero-order valence-electron chi connectivity index (χ0n) is 47.3. The number of anilines is 8. The second kappa shape index (κ2) is 16.3. The molecule has 0 radical (unpaired) electrons. The molecule has 2 unspecified atom stereocenters. The molecule has 0 N–H and O–H groups in total. The minimum absolute atomic E-state index is 0.0137. The van der Waals surface area contributed by atoms with Gasteiger partial charge in [0.25, 0.3) is 6.71 Å². The van der Waals surface area contributed by atoms with Crippen LogP contribution in [0.2, 0.25) is 0 Å². The second-order valence-corrected chi connectivity index (χ2v) is 28.0. The third-order valence-corrected chi connectivity index (χ3v) is 17.9. The summed E-state index contributed by atoms with van der Waals surface area (Å²) < 4.78 is 0. The van der Waals surface area contributed by atoms with Crippen molar-refractivity contribution in [2.24, 2.45) is 0 Å². The van der Waals surface area contributed by atoms with Crippen LogP contribution >= 0.6 is 0 Å². The molecule has 1 fully saturated rings. The lowest BCUT2D eigenvalue weighted by molar-refractivity contribution is 0.330. The van der Waals surface area contributed by atoms with Crippen molar-refractivity contribution in [3.63, 3.8) is 0 Å². The Morgan fingerprint density at radius 2 is 0.932 bits per heavy atom. The van der Waals surface area contributed by atoms with Crippen LogP contribution in [0, 0.1) is 0 Å². The van der Waals surface area contributed by atoms with E-state index in [1.54, 1.807) is 0 Å². The van der Waals surface area contributed by atoms with Crippen molar-refractivity contribution >= 4 is 68.6 Å². The van der Waals surface area contributed by atoms with Crippen LogP contribution in [0.3, 0.4) is 0 Å². The van der Waals surface area contributed by atoms with Crippen LogP contribution in [-0.4, -0.2) is 12.3 Å². The predicted octanol–water partition coefficient (Wildman–Crippen LogP) is 17.3. The molecule has 0 amide bonds. The van der Waals surface area contributed by atoms with Gasteiger partial charge in [-0.15, -0.1) is 0 Å². The highest BCUT2D eigenvalue weighted by molar-refractivity contribution is 7.00. The normalized spacial score (nSPS) is 19.4. The Hall–Kier alpha value is -6.00. The molecule has 73 heavy (non-hydrogen) atoms. The van der Waals surface area contributed by atoms with Crippen LogP contribution in [-0.2, 0) is 32.5 Å². The molecule has 1 aliphatic carbocycles. The highest BCUT2D eigenvalue weighted by atomic mass is 15.3. The summed E-state index contributed by atoms with van der Waals surface area (Å²) in [6.07, 6.45) is 3.50. The lowest BCUT2D eigenvalue weighted by atomic mass is 9.33. The maximum atomic E-state index is 2.82. The Labute approximate surface area is 440 Å². The third-order valence-electron chi connectivity index (χ3n) is 17.9. The first-order valence-electron chi connectivity index (χ1n) is 27.4. The minimum Gasteiger partial charge on any atom is -0.334 e. The van der Waals surface area contributed by atoms with Crippen molar-refractivity contribution in [2.75, 3.05) is 14.7 Å². The van der Waals surface area contributed by atoms with Gasteiger partial charge in [0.2, 0.25) is 0 Å². The van der Waals surface area contributed by atoms with Gasteiger partial charge in [0.1, 0.15) is 0 Å². The van der Waals surface area contributed by atoms with Crippen LogP contribution in [0.1, 0.15) is 170 Å². The average Bonchev–Trinajstić information content (AvgIpc) is 3.72. The van der Waals surface area contributed by atoms with Gasteiger partial charge in [-0.3, -0.25) is 0 Å². The molecule has 7 aromatic carbocycles. The first-order chi connectivity index (χ1) is 34.1. The van der Waals surface area contributed by atoms with E-state index in [0.717, 1.165) is 6.42 Å². The SMILES string of the molecule is CC(C)(C)c1cccc(N2c3cc(C(C)(C)C)ccc3B3c4cc(C(C)(C)C)ccc4N(c4ccc(C(C)(C)C)cc4-c4ccccc4)c4cc(N5c6ccc(C(C)(C)C)cc6C6(C)CCCC56C)cc2c43)c1. The number of nitrogens with zero attached hydrogens (tertiary/aromatic N) is 3. The molecule has 3 nitrogen and oxygen atoms in total.